The van der Waals surface area contributed by atoms with Crippen molar-refractivity contribution in [3.8, 4) is 0 Å². The molecule has 1 atom stereocenters. The lowest BCUT2D eigenvalue weighted by Gasteiger charge is -2.17. The van der Waals surface area contributed by atoms with E-state index in [1.165, 1.54) is 12.1 Å². The van der Waals surface area contributed by atoms with Gasteiger partial charge in [-0.25, -0.2) is 0 Å². The van der Waals surface area contributed by atoms with E-state index < -0.39 is 29.6 Å². The molecule has 0 aliphatic carbocycles. The fourth-order valence-corrected chi connectivity index (χ4v) is 2.52. The second kappa shape index (κ2) is 8.03. The van der Waals surface area contributed by atoms with Crippen molar-refractivity contribution in [3.63, 3.8) is 0 Å². The highest BCUT2D eigenvalue weighted by Crippen LogP contribution is 2.29. The van der Waals surface area contributed by atoms with Crippen molar-refractivity contribution in [2.75, 3.05) is 0 Å². The summed E-state index contributed by atoms with van der Waals surface area (Å²) >= 11 is 0. The number of carbonyl (C=O) groups is 2. The number of hydrogen-bond acceptors (Lipinski definition) is 2. The highest BCUT2D eigenvalue weighted by Gasteiger charge is 2.30. The Morgan fingerprint density at radius 2 is 1.69 bits per heavy atom. The van der Waals surface area contributed by atoms with Crippen LogP contribution in [0.15, 0.2) is 48.5 Å². The maximum absolute atomic E-state index is 12.6. The molecule has 2 rings (SSSR count). The number of alkyl halides is 3. The largest absolute Gasteiger partial charge is 0.416 e. The molecule has 2 aromatic rings. The van der Waals surface area contributed by atoms with E-state index in [2.05, 4.69) is 5.32 Å². The average molecular weight is 364 g/mol. The molecule has 0 aromatic heterocycles. The van der Waals surface area contributed by atoms with Gasteiger partial charge in [-0.2, -0.15) is 13.2 Å². The topological polar surface area (TPSA) is 72.2 Å². The number of halogens is 3. The minimum atomic E-state index is -4.43. The fourth-order valence-electron chi connectivity index (χ4n) is 2.52. The number of hydrogen-bond donors (Lipinski definition) is 2. The van der Waals surface area contributed by atoms with Crippen molar-refractivity contribution in [3.05, 3.63) is 70.8 Å². The maximum Gasteiger partial charge on any atom is 0.416 e. The van der Waals surface area contributed by atoms with Crippen LogP contribution in [0.3, 0.4) is 0 Å². The summed E-state index contributed by atoms with van der Waals surface area (Å²) in [6.07, 6.45) is -4.32. The first-order valence-corrected chi connectivity index (χ1v) is 7.96. The van der Waals surface area contributed by atoms with Crippen LogP contribution in [0, 0.1) is 6.92 Å². The van der Waals surface area contributed by atoms with Gasteiger partial charge in [0.05, 0.1) is 12.0 Å². The fraction of sp³-hybridized carbons (Fsp3) is 0.263. The third-order valence-electron chi connectivity index (χ3n) is 4.01. The van der Waals surface area contributed by atoms with E-state index in [0.717, 1.165) is 23.3 Å². The van der Waals surface area contributed by atoms with Gasteiger partial charge in [-0.05, 0) is 35.7 Å². The smallest absolute Gasteiger partial charge is 0.368 e. The molecule has 0 saturated carbocycles. The second-order valence-electron chi connectivity index (χ2n) is 6.02. The first-order chi connectivity index (χ1) is 12.2. The number of benzene rings is 2. The lowest BCUT2D eigenvalue weighted by Crippen LogP contribution is -2.46. The zero-order valence-electron chi connectivity index (χ0n) is 14.1. The molecule has 3 N–H and O–H groups in total. The summed E-state index contributed by atoms with van der Waals surface area (Å²) in [6.45, 7) is 1.89. The van der Waals surface area contributed by atoms with Gasteiger partial charge in [-0.3, -0.25) is 9.59 Å². The molecule has 2 aromatic carbocycles. The lowest BCUT2D eigenvalue weighted by molar-refractivity contribution is -0.137. The van der Waals surface area contributed by atoms with Crippen LogP contribution in [0.5, 0.6) is 0 Å². The molecule has 0 heterocycles. The summed E-state index contributed by atoms with van der Waals surface area (Å²) in [6, 6.07) is 10.8. The Labute approximate surface area is 149 Å². The van der Waals surface area contributed by atoms with Crippen LogP contribution in [-0.4, -0.2) is 17.9 Å². The lowest BCUT2D eigenvalue weighted by atomic mass is 10.0. The highest BCUT2D eigenvalue weighted by molar-refractivity contribution is 5.87. The van der Waals surface area contributed by atoms with Crippen LogP contribution in [0.25, 0.3) is 0 Å². The van der Waals surface area contributed by atoms with E-state index in [0.29, 0.717) is 5.56 Å². The van der Waals surface area contributed by atoms with Crippen LogP contribution >= 0.6 is 0 Å². The van der Waals surface area contributed by atoms with Crippen LogP contribution in [0.4, 0.5) is 13.2 Å². The molecular formula is C19H19F3N2O2. The first kappa shape index (κ1) is 19.5. The number of primary amides is 1. The quantitative estimate of drug-likeness (QED) is 0.827. The summed E-state index contributed by atoms with van der Waals surface area (Å²) in [7, 11) is 0. The van der Waals surface area contributed by atoms with Gasteiger partial charge in [-0.15, -0.1) is 0 Å². The molecule has 2 amide bonds. The zero-order chi connectivity index (χ0) is 19.3. The predicted molar refractivity (Wildman–Crippen MR) is 91.2 cm³/mol. The van der Waals surface area contributed by atoms with Crippen molar-refractivity contribution in [1.82, 2.24) is 5.32 Å². The van der Waals surface area contributed by atoms with Gasteiger partial charge in [0, 0.05) is 6.42 Å². The third kappa shape index (κ3) is 5.34. The number of nitrogens with two attached hydrogens (primary N) is 1. The zero-order valence-corrected chi connectivity index (χ0v) is 14.1. The first-order valence-electron chi connectivity index (χ1n) is 7.96. The monoisotopic (exact) mass is 364 g/mol. The molecule has 0 saturated heterocycles. The molecule has 26 heavy (non-hydrogen) atoms. The molecule has 0 spiro atoms. The molecule has 0 fully saturated rings. The molecule has 7 heteroatoms. The van der Waals surface area contributed by atoms with Gasteiger partial charge in [0.15, 0.2) is 0 Å². The Hall–Kier alpha value is -2.83. The summed E-state index contributed by atoms with van der Waals surface area (Å²) < 4.78 is 37.7. The van der Waals surface area contributed by atoms with Crippen molar-refractivity contribution in [1.29, 1.82) is 0 Å². The van der Waals surface area contributed by atoms with Crippen molar-refractivity contribution in [2.45, 2.75) is 32.0 Å². The normalized spacial score (nSPS) is 12.5. The number of aryl methyl sites for hydroxylation is 1. The van der Waals surface area contributed by atoms with Gasteiger partial charge >= 0.3 is 6.18 Å². The van der Waals surface area contributed by atoms with Crippen molar-refractivity contribution in [2.24, 2.45) is 5.73 Å². The SMILES string of the molecule is Cc1ccccc1C[C@@H](NC(=O)Cc1ccc(C(F)(F)F)cc1)C(N)=O. The van der Waals surface area contributed by atoms with E-state index in [4.69, 9.17) is 5.73 Å². The van der Waals surface area contributed by atoms with E-state index in [-0.39, 0.29) is 12.8 Å². The van der Waals surface area contributed by atoms with Gasteiger partial charge in [0.2, 0.25) is 11.8 Å². The average Bonchev–Trinajstić information content (AvgIpc) is 2.55. The van der Waals surface area contributed by atoms with Gasteiger partial charge in [0.25, 0.3) is 0 Å². The van der Waals surface area contributed by atoms with Gasteiger partial charge in [-0.1, -0.05) is 36.4 Å². The maximum atomic E-state index is 12.6. The van der Waals surface area contributed by atoms with E-state index >= 15 is 0 Å². The third-order valence-corrected chi connectivity index (χ3v) is 4.01. The summed E-state index contributed by atoms with van der Waals surface area (Å²) in [5, 5.41) is 2.55. The Kier molecular flexibility index (Phi) is 6.02. The van der Waals surface area contributed by atoms with Crippen LogP contribution in [0.2, 0.25) is 0 Å². The van der Waals surface area contributed by atoms with E-state index in [1.54, 1.807) is 0 Å². The minimum Gasteiger partial charge on any atom is -0.368 e. The summed E-state index contributed by atoms with van der Waals surface area (Å²) in [5.41, 5.74) is 6.84. The Bertz CT molecular complexity index is 786. The van der Waals surface area contributed by atoms with Crippen molar-refractivity contribution < 1.29 is 22.8 Å². The number of amides is 2. The summed E-state index contributed by atoms with van der Waals surface area (Å²) in [4.78, 5) is 23.8. The predicted octanol–water partition coefficient (Wildman–Crippen LogP) is 2.77. The molecule has 0 bridgehead atoms. The molecule has 0 aliphatic rings. The van der Waals surface area contributed by atoms with E-state index in [1.807, 2.05) is 31.2 Å². The Morgan fingerprint density at radius 3 is 2.23 bits per heavy atom. The second-order valence-corrected chi connectivity index (χ2v) is 6.02. The Morgan fingerprint density at radius 1 is 1.08 bits per heavy atom. The number of rotatable bonds is 6. The minimum absolute atomic E-state index is 0.143. The number of carbonyl (C=O) groups excluding carboxylic acids is 2. The van der Waals surface area contributed by atoms with Crippen LogP contribution in [-0.2, 0) is 28.6 Å². The highest BCUT2D eigenvalue weighted by atomic mass is 19.4. The molecule has 0 unspecified atom stereocenters. The molecular weight excluding hydrogens is 345 g/mol. The standard InChI is InChI=1S/C19H19F3N2O2/c1-12-4-2-3-5-14(12)11-16(18(23)26)24-17(25)10-13-6-8-15(9-7-13)19(20,21)22/h2-9,16H,10-11H2,1H3,(H2,23,26)(H,24,25)/t16-/m1/s1. The molecule has 4 nitrogen and oxygen atoms in total. The molecule has 0 radical (unpaired) electrons. The van der Waals surface area contributed by atoms with Crippen LogP contribution < -0.4 is 11.1 Å². The molecule has 0 aliphatic heterocycles. The summed E-state index contributed by atoms with van der Waals surface area (Å²) in [5.74, 6) is -1.16. The van der Waals surface area contributed by atoms with Crippen LogP contribution in [0.1, 0.15) is 22.3 Å². The molecule has 138 valence electrons. The van der Waals surface area contributed by atoms with Crippen molar-refractivity contribution >= 4 is 11.8 Å². The Balaban J connectivity index is 2.02. The van der Waals surface area contributed by atoms with Gasteiger partial charge < -0.3 is 11.1 Å². The van der Waals surface area contributed by atoms with E-state index in [9.17, 15) is 22.8 Å². The van der Waals surface area contributed by atoms with Gasteiger partial charge in [0.1, 0.15) is 6.04 Å². The number of nitrogens with one attached hydrogen (secondary N) is 1.